The van der Waals surface area contributed by atoms with E-state index in [4.69, 9.17) is 14.6 Å². The maximum Gasteiger partial charge on any atom is 0.303 e. The van der Waals surface area contributed by atoms with Gasteiger partial charge in [0, 0.05) is 24.4 Å². The lowest BCUT2D eigenvalue weighted by atomic mass is 9.76. The molecule has 0 spiro atoms. The summed E-state index contributed by atoms with van der Waals surface area (Å²) in [6.45, 7) is 0.426. The van der Waals surface area contributed by atoms with E-state index in [0.29, 0.717) is 37.3 Å². The Hall–Kier alpha value is -2.83. The molecule has 28 heavy (non-hydrogen) atoms. The predicted octanol–water partition coefficient (Wildman–Crippen LogP) is 3.09. The average molecular weight is 386 g/mol. The number of hydrogen-bond donors (Lipinski definition) is 1. The van der Waals surface area contributed by atoms with Crippen LogP contribution < -0.4 is 9.47 Å². The minimum absolute atomic E-state index is 0.0221. The van der Waals surface area contributed by atoms with Crippen molar-refractivity contribution < 1.29 is 24.2 Å². The number of fused-ring (bicyclic) bond motifs is 1. The fraction of sp³-hybridized carbons (Fsp3) is 0.476. The van der Waals surface area contributed by atoms with Crippen molar-refractivity contribution in [3.05, 3.63) is 35.9 Å². The standard InChI is InChI=1S/C21H26N2O5/c1-27-17-11-10-14(13-18(17)28-2)20-15-7-3-4-8-16(15)21(26)23(22-20)12-6-5-9-19(24)25/h3-4,10-11,13,15-16H,5-9,12H2,1-2H3,(H,24,25)/t15-,16+/m1/s1. The number of carbonyl (C=O) groups excluding carboxylic acids is 1. The Morgan fingerprint density at radius 1 is 1.14 bits per heavy atom. The van der Waals surface area contributed by atoms with Gasteiger partial charge in [0.25, 0.3) is 0 Å². The van der Waals surface area contributed by atoms with Gasteiger partial charge in [-0.25, -0.2) is 5.01 Å². The summed E-state index contributed by atoms with van der Waals surface area (Å²) in [6, 6.07) is 5.68. The van der Waals surface area contributed by atoms with Crippen LogP contribution in [0.4, 0.5) is 0 Å². The molecule has 1 heterocycles. The topological polar surface area (TPSA) is 88.4 Å². The third-order valence-corrected chi connectivity index (χ3v) is 5.27. The number of carbonyl (C=O) groups is 2. The molecule has 2 aliphatic rings. The van der Waals surface area contributed by atoms with Gasteiger partial charge in [0.05, 0.1) is 25.8 Å². The highest BCUT2D eigenvalue weighted by Crippen LogP contribution is 2.36. The first kappa shape index (κ1) is 19.9. The van der Waals surface area contributed by atoms with E-state index < -0.39 is 5.97 Å². The van der Waals surface area contributed by atoms with Gasteiger partial charge in [0.15, 0.2) is 11.5 Å². The lowest BCUT2D eigenvalue weighted by Gasteiger charge is -2.37. The average Bonchev–Trinajstić information content (AvgIpc) is 2.72. The molecule has 3 rings (SSSR count). The van der Waals surface area contributed by atoms with Crippen LogP contribution in [0.25, 0.3) is 0 Å². The fourth-order valence-corrected chi connectivity index (χ4v) is 3.80. The minimum Gasteiger partial charge on any atom is -0.493 e. The van der Waals surface area contributed by atoms with Gasteiger partial charge in [-0.15, -0.1) is 0 Å². The number of carboxylic acids is 1. The maximum atomic E-state index is 12.9. The normalized spacial score (nSPS) is 21.1. The Labute approximate surface area is 164 Å². The number of benzene rings is 1. The zero-order chi connectivity index (χ0) is 20.1. The molecule has 0 fully saturated rings. The van der Waals surface area contributed by atoms with Crippen molar-refractivity contribution in [3.63, 3.8) is 0 Å². The molecule has 0 unspecified atom stereocenters. The molecule has 1 N–H and O–H groups in total. The van der Waals surface area contributed by atoms with Gasteiger partial charge < -0.3 is 14.6 Å². The van der Waals surface area contributed by atoms with Gasteiger partial charge >= 0.3 is 5.97 Å². The van der Waals surface area contributed by atoms with Crippen LogP contribution in [0.3, 0.4) is 0 Å². The number of aliphatic carboxylic acids is 1. The molecule has 2 atom stereocenters. The van der Waals surface area contributed by atoms with Crippen molar-refractivity contribution in [2.75, 3.05) is 20.8 Å². The van der Waals surface area contributed by atoms with Crippen molar-refractivity contribution >= 4 is 17.6 Å². The first-order chi connectivity index (χ1) is 13.5. The van der Waals surface area contributed by atoms with E-state index >= 15 is 0 Å². The van der Waals surface area contributed by atoms with Crippen LogP contribution in [0.15, 0.2) is 35.5 Å². The molecule has 1 aromatic carbocycles. The lowest BCUT2D eigenvalue weighted by Crippen LogP contribution is -2.45. The number of nitrogens with zero attached hydrogens (tertiary/aromatic N) is 2. The summed E-state index contributed by atoms with van der Waals surface area (Å²) in [5.41, 5.74) is 1.78. The van der Waals surface area contributed by atoms with Crippen LogP contribution in [0, 0.1) is 11.8 Å². The molecule has 0 saturated heterocycles. The Kier molecular flexibility index (Phi) is 6.34. The van der Waals surface area contributed by atoms with E-state index in [0.717, 1.165) is 17.7 Å². The van der Waals surface area contributed by atoms with Crippen LogP contribution >= 0.6 is 0 Å². The summed E-state index contributed by atoms with van der Waals surface area (Å²) < 4.78 is 10.7. The smallest absolute Gasteiger partial charge is 0.303 e. The molecule has 0 saturated carbocycles. The summed E-state index contributed by atoms with van der Waals surface area (Å²) >= 11 is 0. The van der Waals surface area contributed by atoms with Crippen LogP contribution in [-0.2, 0) is 9.59 Å². The van der Waals surface area contributed by atoms with Crippen LogP contribution in [-0.4, -0.2) is 48.5 Å². The molecule has 1 amide bonds. The van der Waals surface area contributed by atoms with Crippen molar-refractivity contribution in [1.29, 1.82) is 0 Å². The Morgan fingerprint density at radius 2 is 1.86 bits per heavy atom. The predicted molar refractivity (Wildman–Crippen MR) is 105 cm³/mol. The fourth-order valence-electron chi connectivity index (χ4n) is 3.80. The number of amides is 1. The summed E-state index contributed by atoms with van der Waals surface area (Å²) in [5, 5.41) is 15.0. The van der Waals surface area contributed by atoms with Gasteiger partial charge in [0.2, 0.25) is 5.91 Å². The SMILES string of the molecule is COc1ccc(C2=NN(CCCCC(=O)O)C(=O)[C@H]3CC=CC[C@@H]23)cc1OC. The molecule has 7 heteroatoms. The lowest BCUT2D eigenvalue weighted by molar-refractivity contribution is -0.137. The molecule has 1 aliphatic carbocycles. The van der Waals surface area contributed by atoms with Crippen LogP contribution in [0.5, 0.6) is 11.5 Å². The van der Waals surface area contributed by atoms with E-state index in [2.05, 4.69) is 17.3 Å². The van der Waals surface area contributed by atoms with Crippen molar-refractivity contribution in [3.8, 4) is 11.5 Å². The molecular weight excluding hydrogens is 360 g/mol. The molecular formula is C21H26N2O5. The number of ether oxygens (including phenoxy) is 2. The molecule has 7 nitrogen and oxygen atoms in total. The molecule has 0 bridgehead atoms. The Balaban J connectivity index is 1.89. The monoisotopic (exact) mass is 386 g/mol. The number of unbranched alkanes of at least 4 members (excludes halogenated alkanes) is 1. The first-order valence-corrected chi connectivity index (χ1v) is 9.54. The third kappa shape index (κ3) is 4.18. The number of carboxylic acid groups (broad SMARTS) is 1. The minimum atomic E-state index is -0.822. The zero-order valence-electron chi connectivity index (χ0n) is 16.3. The van der Waals surface area contributed by atoms with Crippen molar-refractivity contribution in [2.24, 2.45) is 16.9 Å². The van der Waals surface area contributed by atoms with Gasteiger partial charge in [0.1, 0.15) is 0 Å². The van der Waals surface area contributed by atoms with Crippen molar-refractivity contribution in [2.45, 2.75) is 32.1 Å². The molecule has 0 radical (unpaired) electrons. The summed E-state index contributed by atoms with van der Waals surface area (Å²) in [4.78, 5) is 23.6. The quantitative estimate of drug-likeness (QED) is 0.548. The third-order valence-electron chi connectivity index (χ3n) is 5.27. The highest BCUT2D eigenvalue weighted by atomic mass is 16.5. The molecule has 150 valence electrons. The van der Waals surface area contributed by atoms with Gasteiger partial charge in [-0.3, -0.25) is 9.59 Å². The number of methoxy groups -OCH3 is 2. The second kappa shape index (κ2) is 8.91. The second-order valence-corrected chi connectivity index (χ2v) is 7.02. The van der Waals surface area contributed by atoms with E-state index in [1.165, 1.54) is 5.01 Å². The highest BCUT2D eigenvalue weighted by Gasteiger charge is 2.39. The number of rotatable bonds is 8. The largest absolute Gasteiger partial charge is 0.493 e. The number of hydrazone groups is 1. The first-order valence-electron chi connectivity index (χ1n) is 9.54. The van der Waals surface area contributed by atoms with Crippen LogP contribution in [0.2, 0.25) is 0 Å². The molecule has 1 aliphatic heterocycles. The zero-order valence-corrected chi connectivity index (χ0v) is 16.3. The van der Waals surface area contributed by atoms with E-state index in [1.54, 1.807) is 14.2 Å². The van der Waals surface area contributed by atoms with E-state index in [1.807, 2.05) is 18.2 Å². The van der Waals surface area contributed by atoms with Gasteiger partial charge in [-0.2, -0.15) is 5.10 Å². The van der Waals surface area contributed by atoms with E-state index in [-0.39, 0.29) is 24.2 Å². The Bertz CT molecular complexity index is 802. The van der Waals surface area contributed by atoms with E-state index in [9.17, 15) is 9.59 Å². The number of hydrogen-bond acceptors (Lipinski definition) is 5. The molecule has 1 aromatic rings. The summed E-state index contributed by atoms with van der Waals surface area (Å²) in [5.74, 6) is 0.363. The van der Waals surface area contributed by atoms with Gasteiger partial charge in [-0.05, 0) is 43.9 Å². The highest BCUT2D eigenvalue weighted by molar-refractivity contribution is 6.07. The van der Waals surface area contributed by atoms with Gasteiger partial charge in [-0.1, -0.05) is 12.2 Å². The summed E-state index contributed by atoms with van der Waals surface area (Å²) in [6.07, 6.45) is 6.86. The maximum absolute atomic E-state index is 12.9. The number of allylic oxidation sites excluding steroid dienone is 2. The van der Waals surface area contributed by atoms with Crippen LogP contribution in [0.1, 0.15) is 37.7 Å². The summed E-state index contributed by atoms with van der Waals surface area (Å²) in [7, 11) is 3.18. The Morgan fingerprint density at radius 3 is 2.54 bits per heavy atom. The molecule has 0 aromatic heterocycles. The second-order valence-electron chi connectivity index (χ2n) is 7.02. The van der Waals surface area contributed by atoms with Crippen molar-refractivity contribution in [1.82, 2.24) is 5.01 Å².